The summed E-state index contributed by atoms with van der Waals surface area (Å²) in [5, 5.41) is 24.5. The highest BCUT2D eigenvalue weighted by atomic mass is 16.4. The Bertz CT molecular complexity index is 587. The zero-order valence-corrected chi connectivity index (χ0v) is 8.03. The second-order valence-corrected chi connectivity index (χ2v) is 3.10. The molecule has 2 rings (SSSR count). The lowest BCUT2D eigenvalue weighted by Crippen LogP contribution is -2.13. The van der Waals surface area contributed by atoms with Crippen molar-refractivity contribution >= 4 is 22.8 Å². The van der Waals surface area contributed by atoms with E-state index in [1.165, 1.54) is 6.20 Å². The lowest BCUT2D eigenvalue weighted by Gasteiger charge is -1.99. The van der Waals surface area contributed by atoms with Crippen molar-refractivity contribution in [3.8, 4) is 0 Å². The van der Waals surface area contributed by atoms with E-state index >= 15 is 0 Å². The van der Waals surface area contributed by atoms with E-state index in [9.17, 15) is 4.79 Å². The van der Waals surface area contributed by atoms with Gasteiger partial charge in [0.2, 0.25) is 0 Å². The number of fused-ring (bicyclic) bond motifs is 1. The molecule has 82 valence electrons. The van der Waals surface area contributed by atoms with Crippen molar-refractivity contribution in [3.05, 3.63) is 30.0 Å². The summed E-state index contributed by atoms with van der Waals surface area (Å²) in [5.74, 6) is -0.0371. The van der Waals surface area contributed by atoms with Crippen molar-refractivity contribution in [2.45, 2.75) is 0 Å². The molecule has 0 amide bonds. The highest BCUT2D eigenvalue weighted by molar-refractivity contribution is 6.00. The van der Waals surface area contributed by atoms with Crippen LogP contribution in [0.1, 0.15) is 5.56 Å². The summed E-state index contributed by atoms with van der Waals surface area (Å²) in [6.07, 6.45) is 0.240. The van der Waals surface area contributed by atoms with Gasteiger partial charge in [-0.15, -0.1) is 0 Å². The van der Waals surface area contributed by atoms with E-state index in [-0.39, 0.29) is 5.84 Å². The van der Waals surface area contributed by atoms with Crippen molar-refractivity contribution < 1.29 is 15.1 Å². The molecule has 0 saturated carbocycles. The molecular weight excluding hydrogens is 212 g/mol. The lowest BCUT2D eigenvalue weighted by molar-refractivity contribution is 0.194. The Morgan fingerprint density at radius 1 is 1.50 bits per heavy atom. The molecule has 0 atom stereocenters. The Hall–Kier alpha value is -2.57. The maximum Gasteiger partial charge on any atom is 0.432 e. The Balaban J connectivity index is 2.62. The molecule has 7 heteroatoms. The van der Waals surface area contributed by atoms with Crippen molar-refractivity contribution in [3.63, 3.8) is 0 Å². The van der Waals surface area contributed by atoms with Gasteiger partial charge in [-0.3, -0.25) is 0 Å². The van der Waals surface area contributed by atoms with E-state index in [1.807, 2.05) is 0 Å². The predicted octanol–water partition coefficient (Wildman–Crippen LogP) is 0.657. The number of hydrogen-bond donors (Lipinski definition) is 3. The monoisotopic (exact) mass is 220 g/mol. The zero-order valence-electron chi connectivity index (χ0n) is 8.03. The molecule has 0 saturated heterocycles. The number of aromatic nitrogens is 2. The summed E-state index contributed by atoms with van der Waals surface area (Å²) in [7, 11) is 0. The Labute approximate surface area is 89.4 Å². The average molecular weight is 220 g/mol. The van der Waals surface area contributed by atoms with Crippen LogP contribution in [0.5, 0.6) is 0 Å². The Morgan fingerprint density at radius 3 is 2.88 bits per heavy atom. The fraction of sp³-hybridized carbons (Fsp3) is 0. The number of nitrogens with zero attached hydrogens (tertiary/aromatic N) is 3. The van der Waals surface area contributed by atoms with Gasteiger partial charge in [0.15, 0.2) is 5.84 Å². The first kappa shape index (κ1) is 9.97. The summed E-state index contributed by atoms with van der Waals surface area (Å²) in [6, 6.07) is 4.69. The number of carboxylic acid groups (broad SMARTS) is 1. The molecule has 1 heterocycles. The quantitative estimate of drug-likeness (QED) is 0.282. The number of oxime groups is 1. The van der Waals surface area contributed by atoms with Crippen LogP contribution in [0, 0.1) is 0 Å². The second kappa shape index (κ2) is 3.54. The minimum atomic E-state index is -1.16. The summed E-state index contributed by atoms with van der Waals surface area (Å²) in [4.78, 5) is 10.8. The third kappa shape index (κ3) is 1.44. The number of rotatable bonds is 1. The Morgan fingerprint density at radius 2 is 2.25 bits per heavy atom. The molecule has 7 nitrogen and oxygen atoms in total. The van der Waals surface area contributed by atoms with Crippen LogP contribution < -0.4 is 5.73 Å². The van der Waals surface area contributed by atoms with Crippen molar-refractivity contribution in [2.24, 2.45) is 10.9 Å². The maximum absolute atomic E-state index is 10.8. The molecule has 0 spiro atoms. The fourth-order valence-electron chi connectivity index (χ4n) is 1.40. The van der Waals surface area contributed by atoms with Gasteiger partial charge in [-0.05, 0) is 18.2 Å². The van der Waals surface area contributed by atoms with Crippen molar-refractivity contribution in [1.29, 1.82) is 0 Å². The van der Waals surface area contributed by atoms with Gasteiger partial charge in [0, 0.05) is 10.9 Å². The summed E-state index contributed by atoms with van der Waals surface area (Å²) >= 11 is 0. The number of hydrogen-bond acceptors (Lipinski definition) is 4. The van der Waals surface area contributed by atoms with Crippen molar-refractivity contribution in [2.75, 3.05) is 0 Å². The Kier molecular flexibility index (Phi) is 2.20. The normalized spacial score (nSPS) is 11.9. The van der Waals surface area contributed by atoms with Crippen molar-refractivity contribution in [1.82, 2.24) is 9.78 Å². The first-order valence-electron chi connectivity index (χ1n) is 4.32. The third-order valence-electron chi connectivity index (χ3n) is 2.15. The topological polar surface area (TPSA) is 114 Å². The number of amidine groups is 1. The average Bonchev–Trinajstić information content (AvgIpc) is 2.70. The van der Waals surface area contributed by atoms with Gasteiger partial charge in [-0.2, -0.15) is 9.78 Å². The molecule has 0 aliphatic carbocycles. The van der Waals surface area contributed by atoms with Gasteiger partial charge >= 0.3 is 6.09 Å². The van der Waals surface area contributed by atoms with Gasteiger partial charge in [-0.1, -0.05) is 5.16 Å². The van der Waals surface area contributed by atoms with Gasteiger partial charge in [0.25, 0.3) is 0 Å². The van der Waals surface area contributed by atoms with Gasteiger partial charge in [0.05, 0.1) is 11.7 Å². The van der Waals surface area contributed by atoms with Crippen LogP contribution >= 0.6 is 0 Å². The molecule has 1 aromatic carbocycles. The molecular formula is C9H8N4O3. The van der Waals surface area contributed by atoms with E-state index in [4.69, 9.17) is 16.0 Å². The maximum atomic E-state index is 10.8. The smallest absolute Gasteiger partial charge is 0.432 e. The summed E-state index contributed by atoms with van der Waals surface area (Å²) in [6.45, 7) is 0. The molecule has 2 aromatic rings. The molecule has 0 radical (unpaired) electrons. The van der Waals surface area contributed by atoms with Crippen LogP contribution in [0.3, 0.4) is 0 Å². The highest BCUT2D eigenvalue weighted by Gasteiger charge is 2.09. The largest absolute Gasteiger partial charge is 0.463 e. The van der Waals surface area contributed by atoms with Gasteiger partial charge < -0.3 is 16.0 Å². The first-order chi connectivity index (χ1) is 7.63. The number of carbonyl (C=O) groups is 1. The fourth-order valence-corrected chi connectivity index (χ4v) is 1.40. The predicted molar refractivity (Wildman–Crippen MR) is 55.7 cm³/mol. The highest BCUT2D eigenvalue weighted by Crippen LogP contribution is 2.15. The minimum absolute atomic E-state index is 0.0371. The van der Waals surface area contributed by atoms with E-state index in [0.717, 1.165) is 4.68 Å². The molecule has 0 unspecified atom stereocenters. The summed E-state index contributed by atoms with van der Waals surface area (Å²) < 4.78 is 0.853. The van der Waals surface area contributed by atoms with Gasteiger partial charge in [0.1, 0.15) is 0 Å². The van der Waals surface area contributed by atoms with E-state index < -0.39 is 6.09 Å². The summed E-state index contributed by atoms with van der Waals surface area (Å²) in [5.41, 5.74) is 6.35. The van der Waals surface area contributed by atoms with E-state index in [2.05, 4.69) is 10.3 Å². The molecule has 0 aliphatic heterocycles. The van der Waals surface area contributed by atoms with Crippen LogP contribution in [0.2, 0.25) is 0 Å². The van der Waals surface area contributed by atoms with Crippen LogP contribution in [0.15, 0.2) is 29.6 Å². The second-order valence-electron chi connectivity index (χ2n) is 3.10. The molecule has 16 heavy (non-hydrogen) atoms. The van der Waals surface area contributed by atoms with Crippen LogP contribution in [0.4, 0.5) is 4.79 Å². The van der Waals surface area contributed by atoms with E-state index in [0.29, 0.717) is 16.5 Å². The molecule has 0 aliphatic rings. The molecule has 1 aromatic heterocycles. The number of nitrogens with two attached hydrogens (primary N) is 1. The first-order valence-corrected chi connectivity index (χ1v) is 4.32. The molecule has 0 bridgehead atoms. The standard InChI is InChI=1S/C9H8N4O3/c10-8(12-16)5-1-2-7-6(3-5)4-11-13(7)9(14)15/h1-4,16H,(H2,10,12)(H,14,15). The molecule has 0 fully saturated rings. The number of benzene rings is 1. The van der Waals surface area contributed by atoms with Crippen LogP contribution in [-0.4, -0.2) is 32.0 Å². The van der Waals surface area contributed by atoms with Crippen LogP contribution in [-0.2, 0) is 0 Å². The minimum Gasteiger partial charge on any atom is -0.463 e. The molecule has 4 N–H and O–H groups in total. The zero-order chi connectivity index (χ0) is 11.7. The SMILES string of the molecule is N/C(=N/O)c1ccc2c(cnn2C(=O)O)c1. The van der Waals surface area contributed by atoms with E-state index in [1.54, 1.807) is 18.2 Å². The lowest BCUT2D eigenvalue weighted by atomic mass is 10.1. The van der Waals surface area contributed by atoms with Crippen LogP contribution in [0.25, 0.3) is 10.9 Å². The third-order valence-corrected chi connectivity index (χ3v) is 2.15. The van der Waals surface area contributed by atoms with Gasteiger partial charge in [-0.25, -0.2) is 4.79 Å².